The molecular formula is C13H17N5O2. The predicted molar refractivity (Wildman–Crippen MR) is 70.2 cm³/mol. The van der Waals surface area contributed by atoms with Gasteiger partial charge in [-0.2, -0.15) is 5.10 Å². The molecule has 2 aromatic heterocycles. The molecule has 3 rings (SSSR count). The Bertz CT molecular complexity index is 585. The standard InChI is InChI=1S/C13H17N5O2/c1-9-12(10(2)20-16-9)13(19)17-5-3-4-11(6-17)18-8-14-7-15-18/h7-8,11H,3-6H2,1-2H3/t11-/m1/s1. The highest BCUT2D eigenvalue weighted by Crippen LogP contribution is 2.23. The lowest BCUT2D eigenvalue weighted by atomic mass is 10.0. The summed E-state index contributed by atoms with van der Waals surface area (Å²) in [6.07, 6.45) is 5.19. The Morgan fingerprint density at radius 2 is 2.30 bits per heavy atom. The molecule has 1 saturated heterocycles. The number of hydrogen-bond acceptors (Lipinski definition) is 5. The van der Waals surface area contributed by atoms with Gasteiger partial charge in [0.25, 0.3) is 5.91 Å². The molecule has 0 unspecified atom stereocenters. The molecule has 0 radical (unpaired) electrons. The highest BCUT2D eigenvalue weighted by molar-refractivity contribution is 5.96. The van der Waals surface area contributed by atoms with Gasteiger partial charge >= 0.3 is 0 Å². The summed E-state index contributed by atoms with van der Waals surface area (Å²) >= 11 is 0. The number of aryl methyl sites for hydroxylation is 2. The van der Waals surface area contributed by atoms with Crippen LogP contribution in [0.4, 0.5) is 0 Å². The number of amides is 1. The molecule has 20 heavy (non-hydrogen) atoms. The van der Waals surface area contributed by atoms with Gasteiger partial charge in [-0.15, -0.1) is 0 Å². The van der Waals surface area contributed by atoms with E-state index in [9.17, 15) is 4.79 Å². The lowest BCUT2D eigenvalue weighted by Crippen LogP contribution is -2.41. The molecule has 1 fully saturated rings. The maximum atomic E-state index is 12.6. The number of piperidine rings is 1. The summed E-state index contributed by atoms with van der Waals surface area (Å²) < 4.78 is 6.91. The van der Waals surface area contributed by atoms with Crippen LogP contribution < -0.4 is 0 Å². The van der Waals surface area contributed by atoms with E-state index in [0.717, 1.165) is 19.4 Å². The van der Waals surface area contributed by atoms with Crippen molar-refractivity contribution in [2.75, 3.05) is 13.1 Å². The lowest BCUT2D eigenvalue weighted by molar-refractivity contribution is 0.0670. The van der Waals surface area contributed by atoms with Crippen molar-refractivity contribution < 1.29 is 9.32 Å². The van der Waals surface area contributed by atoms with Crippen molar-refractivity contribution in [3.8, 4) is 0 Å². The number of likely N-dealkylation sites (tertiary alicyclic amines) is 1. The van der Waals surface area contributed by atoms with E-state index in [2.05, 4.69) is 15.2 Å². The van der Waals surface area contributed by atoms with Crippen LogP contribution >= 0.6 is 0 Å². The Kier molecular flexibility index (Phi) is 3.25. The SMILES string of the molecule is Cc1noc(C)c1C(=O)N1CCC[C@@H](n2cncn2)C1. The maximum Gasteiger partial charge on any atom is 0.259 e. The van der Waals surface area contributed by atoms with Crippen LogP contribution in [0.1, 0.15) is 40.7 Å². The first-order chi connectivity index (χ1) is 9.66. The van der Waals surface area contributed by atoms with E-state index in [1.165, 1.54) is 6.33 Å². The Morgan fingerprint density at radius 3 is 2.95 bits per heavy atom. The summed E-state index contributed by atoms with van der Waals surface area (Å²) in [6.45, 7) is 4.97. The minimum atomic E-state index is -0.00827. The molecule has 0 spiro atoms. The van der Waals surface area contributed by atoms with E-state index >= 15 is 0 Å². The van der Waals surface area contributed by atoms with Gasteiger partial charge in [0.1, 0.15) is 24.0 Å². The van der Waals surface area contributed by atoms with Crippen molar-refractivity contribution in [1.82, 2.24) is 24.8 Å². The van der Waals surface area contributed by atoms with Gasteiger partial charge in [0.15, 0.2) is 0 Å². The zero-order chi connectivity index (χ0) is 14.1. The average molecular weight is 275 g/mol. The van der Waals surface area contributed by atoms with Crippen molar-refractivity contribution in [1.29, 1.82) is 0 Å². The van der Waals surface area contributed by atoms with Crippen LogP contribution in [0.3, 0.4) is 0 Å². The summed E-state index contributed by atoms with van der Waals surface area (Å²) in [6, 6.07) is 0.190. The second-order valence-corrected chi connectivity index (χ2v) is 5.12. The van der Waals surface area contributed by atoms with Crippen LogP contribution in [0.15, 0.2) is 17.2 Å². The van der Waals surface area contributed by atoms with E-state index in [4.69, 9.17) is 4.52 Å². The third kappa shape index (κ3) is 2.19. The third-order valence-electron chi connectivity index (χ3n) is 3.74. The smallest absolute Gasteiger partial charge is 0.259 e. The second kappa shape index (κ2) is 5.07. The fourth-order valence-electron chi connectivity index (χ4n) is 2.71. The van der Waals surface area contributed by atoms with Gasteiger partial charge in [-0.25, -0.2) is 9.67 Å². The summed E-state index contributed by atoms with van der Waals surface area (Å²) in [5.74, 6) is 0.571. The summed E-state index contributed by atoms with van der Waals surface area (Å²) in [5, 5.41) is 8.02. The van der Waals surface area contributed by atoms with Gasteiger partial charge in [-0.1, -0.05) is 5.16 Å². The molecule has 1 aliphatic rings. The molecule has 3 heterocycles. The first kappa shape index (κ1) is 12.8. The van der Waals surface area contributed by atoms with Crippen molar-refractivity contribution in [3.05, 3.63) is 29.7 Å². The zero-order valence-corrected chi connectivity index (χ0v) is 11.6. The van der Waals surface area contributed by atoms with Crippen LogP contribution in [0, 0.1) is 13.8 Å². The molecule has 0 aliphatic carbocycles. The summed E-state index contributed by atoms with van der Waals surface area (Å²) in [5.41, 5.74) is 1.24. The van der Waals surface area contributed by atoms with Crippen LogP contribution in [-0.2, 0) is 0 Å². The van der Waals surface area contributed by atoms with Gasteiger partial charge in [-0.05, 0) is 26.7 Å². The average Bonchev–Trinajstić information content (AvgIpc) is 3.09. The molecule has 0 bridgehead atoms. The van der Waals surface area contributed by atoms with E-state index in [-0.39, 0.29) is 11.9 Å². The monoisotopic (exact) mass is 275 g/mol. The van der Waals surface area contributed by atoms with Gasteiger partial charge in [0.05, 0.1) is 11.7 Å². The molecule has 0 aromatic carbocycles. The number of carbonyl (C=O) groups excluding carboxylic acids is 1. The molecule has 1 atom stereocenters. The molecule has 7 heteroatoms. The minimum absolute atomic E-state index is 0.00827. The molecule has 106 valence electrons. The van der Waals surface area contributed by atoms with Gasteiger partial charge in [0.2, 0.25) is 0 Å². The fourth-order valence-corrected chi connectivity index (χ4v) is 2.71. The van der Waals surface area contributed by atoms with Gasteiger partial charge < -0.3 is 9.42 Å². The topological polar surface area (TPSA) is 77.0 Å². The Hall–Kier alpha value is -2.18. The van der Waals surface area contributed by atoms with Crippen LogP contribution in [0.5, 0.6) is 0 Å². The van der Waals surface area contributed by atoms with E-state index < -0.39 is 0 Å². The molecule has 2 aromatic rings. The van der Waals surface area contributed by atoms with Crippen molar-refractivity contribution in [2.24, 2.45) is 0 Å². The molecule has 7 nitrogen and oxygen atoms in total. The maximum absolute atomic E-state index is 12.6. The Balaban J connectivity index is 1.79. The number of nitrogens with zero attached hydrogens (tertiary/aromatic N) is 5. The Morgan fingerprint density at radius 1 is 1.45 bits per heavy atom. The van der Waals surface area contributed by atoms with Crippen LogP contribution in [0.2, 0.25) is 0 Å². The van der Waals surface area contributed by atoms with E-state index in [0.29, 0.717) is 23.6 Å². The van der Waals surface area contributed by atoms with Gasteiger partial charge in [0, 0.05) is 13.1 Å². The van der Waals surface area contributed by atoms with Gasteiger partial charge in [-0.3, -0.25) is 4.79 Å². The Labute approximate surface area is 116 Å². The lowest BCUT2D eigenvalue weighted by Gasteiger charge is -2.32. The minimum Gasteiger partial charge on any atom is -0.361 e. The number of carbonyl (C=O) groups is 1. The largest absolute Gasteiger partial charge is 0.361 e. The molecular weight excluding hydrogens is 258 g/mol. The quantitative estimate of drug-likeness (QED) is 0.827. The third-order valence-corrected chi connectivity index (χ3v) is 3.74. The molecule has 0 N–H and O–H groups in total. The highest BCUT2D eigenvalue weighted by atomic mass is 16.5. The van der Waals surface area contributed by atoms with Crippen LogP contribution in [0.25, 0.3) is 0 Å². The predicted octanol–water partition coefficient (Wildman–Crippen LogP) is 1.36. The molecule has 1 aliphatic heterocycles. The zero-order valence-electron chi connectivity index (χ0n) is 11.6. The van der Waals surface area contributed by atoms with E-state index in [1.54, 1.807) is 20.2 Å². The molecule has 1 amide bonds. The summed E-state index contributed by atoms with van der Waals surface area (Å²) in [7, 11) is 0. The van der Waals surface area contributed by atoms with Crippen molar-refractivity contribution in [2.45, 2.75) is 32.7 Å². The summed E-state index contributed by atoms with van der Waals surface area (Å²) in [4.78, 5) is 18.4. The normalized spacial score (nSPS) is 19.3. The number of aromatic nitrogens is 4. The van der Waals surface area contributed by atoms with Crippen molar-refractivity contribution in [3.63, 3.8) is 0 Å². The second-order valence-electron chi connectivity index (χ2n) is 5.12. The molecule has 0 saturated carbocycles. The number of rotatable bonds is 2. The first-order valence-electron chi connectivity index (χ1n) is 6.73. The van der Waals surface area contributed by atoms with Crippen molar-refractivity contribution >= 4 is 5.91 Å². The highest BCUT2D eigenvalue weighted by Gasteiger charge is 2.29. The van der Waals surface area contributed by atoms with E-state index in [1.807, 2.05) is 9.58 Å². The van der Waals surface area contributed by atoms with Crippen LogP contribution in [-0.4, -0.2) is 43.8 Å². The fraction of sp³-hybridized carbons (Fsp3) is 0.538. The first-order valence-corrected chi connectivity index (χ1v) is 6.73. The number of hydrogen-bond donors (Lipinski definition) is 0.